The first kappa shape index (κ1) is 19.2. The second kappa shape index (κ2) is 7.96. The molecule has 1 amide bonds. The van der Waals surface area contributed by atoms with Crippen LogP contribution >= 0.6 is 0 Å². The van der Waals surface area contributed by atoms with Crippen LogP contribution in [0.3, 0.4) is 0 Å². The highest BCUT2D eigenvalue weighted by Crippen LogP contribution is 2.41. The van der Waals surface area contributed by atoms with Crippen molar-refractivity contribution in [3.8, 4) is 11.5 Å². The van der Waals surface area contributed by atoms with Crippen molar-refractivity contribution in [2.24, 2.45) is 0 Å². The lowest BCUT2D eigenvalue weighted by Gasteiger charge is -2.38. The van der Waals surface area contributed by atoms with Crippen LogP contribution in [0.2, 0.25) is 0 Å². The van der Waals surface area contributed by atoms with Crippen LogP contribution in [0, 0.1) is 0 Å². The Morgan fingerprint density at radius 1 is 1.41 bits per heavy atom. The van der Waals surface area contributed by atoms with Crippen LogP contribution in [0.1, 0.15) is 37.4 Å². The summed E-state index contributed by atoms with van der Waals surface area (Å²) in [6.45, 7) is 5.05. The van der Waals surface area contributed by atoms with Crippen molar-refractivity contribution < 1.29 is 14.3 Å². The van der Waals surface area contributed by atoms with Gasteiger partial charge < -0.3 is 14.8 Å². The van der Waals surface area contributed by atoms with E-state index in [0.29, 0.717) is 19.5 Å². The van der Waals surface area contributed by atoms with Gasteiger partial charge in [-0.05, 0) is 50.7 Å². The molecule has 1 N–H and O–H groups in total. The summed E-state index contributed by atoms with van der Waals surface area (Å²) in [5, 5.41) is 3.17. The van der Waals surface area contributed by atoms with Gasteiger partial charge in [-0.25, -0.2) is 0 Å². The van der Waals surface area contributed by atoms with E-state index in [1.165, 1.54) is 0 Å². The maximum absolute atomic E-state index is 12.6. The predicted octanol–water partition coefficient (Wildman–Crippen LogP) is 2.94. The van der Waals surface area contributed by atoms with Crippen LogP contribution in [0.25, 0.3) is 0 Å². The summed E-state index contributed by atoms with van der Waals surface area (Å²) < 4.78 is 11.4. The van der Waals surface area contributed by atoms with E-state index >= 15 is 0 Å². The Labute approximate surface area is 160 Å². The zero-order valence-electron chi connectivity index (χ0n) is 16.4. The molecule has 0 radical (unpaired) electrons. The van der Waals surface area contributed by atoms with Crippen LogP contribution in [0.15, 0.2) is 42.7 Å². The molecule has 1 atom stereocenters. The number of methoxy groups -OCH3 is 1. The standard InChI is InChI=1S/C21H27N3O3/c1-21(2)11-18(17-10-16(26-4)7-8-19(17)27-21)23-20(25)14-24(3)13-15-6-5-9-22-12-15/h5-10,12,18H,11,13-14H2,1-4H3,(H,23,25)/t18-/m1/s1. The Balaban J connectivity index is 1.68. The summed E-state index contributed by atoms with van der Waals surface area (Å²) in [5.74, 6) is 1.53. The van der Waals surface area contributed by atoms with Crippen LogP contribution < -0.4 is 14.8 Å². The molecule has 6 heteroatoms. The van der Waals surface area contributed by atoms with Gasteiger partial charge in [0, 0.05) is 30.9 Å². The number of nitrogens with zero attached hydrogens (tertiary/aromatic N) is 2. The maximum atomic E-state index is 12.6. The second-order valence-electron chi connectivity index (χ2n) is 7.62. The second-order valence-corrected chi connectivity index (χ2v) is 7.62. The van der Waals surface area contributed by atoms with Gasteiger partial charge in [0.15, 0.2) is 0 Å². The summed E-state index contributed by atoms with van der Waals surface area (Å²) in [6, 6.07) is 9.51. The van der Waals surface area contributed by atoms with Crippen molar-refractivity contribution >= 4 is 5.91 Å². The molecule has 0 bridgehead atoms. The Hall–Kier alpha value is -2.60. The molecule has 144 valence electrons. The lowest BCUT2D eigenvalue weighted by atomic mass is 9.89. The SMILES string of the molecule is COc1ccc2c(c1)[C@H](NC(=O)CN(C)Cc1cccnc1)CC(C)(C)O2. The van der Waals surface area contributed by atoms with Crippen molar-refractivity contribution in [3.05, 3.63) is 53.9 Å². The van der Waals surface area contributed by atoms with E-state index in [1.807, 2.05) is 62.3 Å². The number of hydrogen-bond acceptors (Lipinski definition) is 5. The van der Waals surface area contributed by atoms with E-state index in [-0.39, 0.29) is 17.6 Å². The third-order valence-electron chi connectivity index (χ3n) is 4.60. The Bertz CT molecular complexity index is 793. The zero-order valence-corrected chi connectivity index (χ0v) is 16.4. The Morgan fingerprint density at radius 3 is 2.93 bits per heavy atom. The number of rotatable bonds is 6. The van der Waals surface area contributed by atoms with Crippen molar-refractivity contribution in [1.82, 2.24) is 15.2 Å². The molecule has 1 aromatic heterocycles. The minimum Gasteiger partial charge on any atom is -0.497 e. The topological polar surface area (TPSA) is 63.7 Å². The Kier molecular flexibility index (Phi) is 5.65. The molecule has 3 rings (SSSR count). The lowest BCUT2D eigenvalue weighted by Crippen LogP contribution is -2.43. The molecule has 0 saturated carbocycles. The molecule has 0 unspecified atom stereocenters. The fourth-order valence-electron chi connectivity index (χ4n) is 3.43. The van der Waals surface area contributed by atoms with Crippen LogP contribution in [-0.4, -0.2) is 42.1 Å². The number of hydrogen-bond donors (Lipinski definition) is 1. The normalized spacial score (nSPS) is 17.7. The number of carbonyl (C=O) groups is 1. The summed E-state index contributed by atoms with van der Waals surface area (Å²) in [6.07, 6.45) is 4.26. The average molecular weight is 369 g/mol. The average Bonchev–Trinajstić information content (AvgIpc) is 2.61. The van der Waals surface area contributed by atoms with E-state index in [4.69, 9.17) is 9.47 Å². The number of benzene rings is 1. The van der Waals surface area contributed by atoms with Gasteiger partial charge in [-0.3, -0.25) is 14.7 Å². The largest absolute Gasteiger partial charge is 0.497 e. The first-order chi connectivity index (χ1) is 12.9. The molecule has 0 aliphatic carbocycles. The smallest absolute Gasteiger partial charge is 0.234 e. The van der Waals surface area contributed by atoms with Crippen molar-refractivity contribution in [3.63, 3.8) is 0 Å². The minimum atomic E-state index is -0.346. The monoisotopic (exact) mass is 369 g/mol. The molecular formula is C21H27N3O3. The highest BCUT2D eigenvalue weighted by molar-refractivity contribution is 5.78. The fraction of sp³-hybridized carbons (Fsp3) is 0.429. The molecule has 2 heterocycles. The number of pyridine rings is 1. The van der Waals surface area contributed by atoms with Gasteiger partial charge in [-0.1, -0.05) is 6.07 Å². The quantitative estimate of drug-likeness (QED) is 0.848. The zero-order chi connectivity index (χ0) is 19.4. The number of carbonyl (C=O) groups excluding carboxylic acids is 1. The van der Waals surface area contributed by atoms with Gasteiger partial charge >= 0.3 is 0 Å². The number of fused-ring (bicyclic) bond motifs is 1. The molecule has 2 aromatic rings. The van der Waals surface area contributed by atoms with Gasteiger partial charge in [-0.2, -0.15) is 0 Å². The maximum Gasteiger partial charge on any atom is 0.234 e. The molecular weight excluding hydrogens is 342 g/mol. The highest BCUT2D eigenvalue weighted by Gasteiger charge is 2.34. The lowest BCUT2D eigenvalue weighted by molar-refractivity contribution is -0.123. The molecule has 27 heavy (non-hydrogen) atoms. The van der Waals surface area contributed by atoms with Crippen molar-refractivity contribution in [2.45, 2.75) is 38.5 Å². The number of ether oxygens (including phenoxy) is 2. The van der Waals surface area contributed by atoms with E-state index in [0.717, 1.165) is 22.6 Å². The van der Waals surface area contributed by atoms with Gasteiger partial charge in [-0.15, -0.1) is 0 Å². The van der Waals surface area contributed by atoms with Gasteiger partial charge in [0.2, 0.25) is 5.91 Å². The summed E-state index contributed by atoms with van der Waals surface area (Å²) >= 11 is 0. The van der Waals surface area contributed by atoms with Gasteiger partial charge in [0.1, 0.15) is 17.1 Å². The Morgan fingerprint density at radius 2 is 2.22 bits per heavy atom. The molecule has 1 aromatic carbocycles. The molecule has 0 fully saturated rings. The van der Waals surface area contributed by atoms with Crippen LogP contribution in [0.5, 0.6) is 11.5 Å². The molecule has 0 saturated heterocycles. The third-order valence-corrected chi connectivity index (χ3v) is 4.60. The van der Waals surface area contributed by atoms with Crippen molar-refractivity contribution in [1.29, 1.82) is 0 Å². The summed E-state index contributed by atoms with van der Waals surface area (Å²) in [4.78, 5) is 18.7. The number of amides is 1. The number of nitrogens with one attached hydrogen (secondary N) is 1. The fourth-order valence-corrected chi connectivity index (χ4v) is 3.43. The third kappa shape index (κ3) is 4.98. The van der Waals surface area contributed by atoms with E-state index in [2.05, 4.69) is 10.3 Å². The van der Waals surface area contributed by atoms with Gasteiger partial charge in [0.05, 0.1) is 19.7 Å². The molecule has 1 aliphatic heterocycles. The minimum absolute atomic E-state index is 0.0159. The predicted molar refractivity (Wildman–Crippen MR) is 104 cm³/mol. The van der Waals surface area contributed by atoms with E-state index < -0.39 is 0 Å². The van der Waals surface area contributed by atoms with Crippen LogP contribution in [-0.2, 0) is 11.3 Å². The summed E-state index contributed by atoms with van der Waals surface area (Å²) in [7, 11) is 3.56. The van der Waals surface area contributed by atoms with E-state index in [1.54, 1.807) is 13.3 Å². The highest BCUT2D eigenvalue weighted by atomic mass is 16.5. The molecule has 1 aliphatic rings. The summed E-state index contributed by atoms with van der Waals surface area (Å²) in [5.41, 5.74) is 1.69. The van der Waals surface area contributed by atoms with Gasteiger partial charge in [0.25, 0.3) is 0 Å². The van der Waals surface area contributed by atoms with Crippen LogP contribution in [0.4, 0.5) is 0 Å². The first-order valence-corrected chi connectivity index (χ1v) is 9.10. The van der Waals surface area contributed by atoms with E-state index in [9.17, 15) is 4.79 Å². The number of likely N-dealkylation sites (N-methyl/N-ethyl adjacent to an activating group) is 1. The first-order valence-electron chi connectivity index (χ1n) is 9.10. The van der Waals surface area contributed by atoms with Crippen molar-refractivity contribution in [2.75, 3.05) is 20.7 Å². The number of aromatic nitrogens is 1. The molecule has 0 spiro atoms. The molecule has 6 nitrogen and oxygen atoms in total.